The molecule has 5 heteroatoms. The van der Waals surface area contributed by atoms with Gasteiger partial charge in [-0.25, -0.2) is 4.79 Å². The van der Waals surface area contributed by atoms with Crippen LogP contribution in [0.4, 0.5) is 5.69 Å². The van der Waals surface area contributed by atoms with Gasteiger partial charge in [-0.15, -0.1) is 0 Å². The van der Waals surface area contributed by atoms with Gasteiger partial charge in [0.05, 0.1) is 5.56 Å². The third-order valence-electron chi connectivity index (χ3n) is 3.70. The number of anilines is 1. The van der Waals surface area contributed by atoms with Crippen molar-refractivity contribution in [3.05, 3.63) is 29.3 Å². The molecule has 0 saturated carbocycles. The number of hydrogen-bond acceptors (Lipinski definition) is 4. The summed E-state index contributed by atoms with van der Waals surface area (Å²) in [5.74, 6) is -0.935. The van der Waals surface area contributed by atoms with Crippen molar-refractivity contribution in [3.63, 3.8) is 0 Å². The molecule has 3 N–H and O–H groups in total. The number of piperazine rings is 1. The van der Waals surface area contributed by atoms with Gasteiger partial charge in [0.1, 0.15) is 0 Å². The van der Waals surface area contributed by atoms with E-state index in [1.165, 1.54) is 0 Å². The van der Waals surface area contributed by atoms with Crippen LogP contribution in [0.2, 0.25) is 0 Å². The van der Waals surface area contributed by atoms with Gasteiger partial charge >= 0.3 is 5.97 Å². The van der Waals surface area contributed by atoms with Crippen LogP contribution in [0.15, 0.2) is 18.2 Å². The van der Waals surface area contributed by atoms with Crippen LogP contribution < -0.4 is 5.73 Å². The fraction of sp³-hybridized carbons (Fsp3) is 0.500. The fourth-order valence-electron chi connectivity index (χ4n) is 2.38. The number of benzene rings is 1. The average molecular weight is 263 g/mol. The summed E-state index contributed by atoms with van der Waals surface area (Å²) < 4.78 is 0. The summed E-state index contributed by atoms with van der Waals surface area (Å²) in [7, 11) is 0. The van der Waals surface area contributed by atoms with E-state index in [1.54, 1.807) is 12.1 Å². The molecule has 1 fully saturated rings. The highest BCUT2D eigenvalue weighted by molar-refractivity contribution is 5.88. The van der Waals surface area contributed by atoms with Crippen molar-refractivity contribution < 1.29 is 9.90 Å². The van der Waals surface area contributed by atoms with Crippen LogP contribution in [0.3, 0.4) is 0 Å². The molecule has 0 spiro atoms. The molecule has 0 atom stereocenters. The Morgan fingerprint density at radius 1 is 1.26 bits per heavy atom. The first-order valence-electron chi connectivity index (χ1n) is 6.66. The van der Waals surface area contributed by atoms with Crippen LogP contribution in [0.5, 0.6) is 0 Å². The van der Waals surface area contributed by atoms with Crippen LogP contribution in [0, 0.1) is 0 Å². The van der Waals surface area contributed by atoms with E-state index in [4.69, 9.17) is 10.8 Å². The molecule has 0 bridgehead atoms. The quantitative estimate of drug-likeness (QED) is 0.796. The summed E-state index contributed by atoms with van der Waals surface area (Å²) in [6, 6.07) is 4.99. The Bertz CT molecular complexity index is 454. The van der Waals surface area contributed by atoms with E-state index < -0.39 is 5.97 Å². The lowest BCUT2D eigenvalue weighted by molar-refractivity contribution is 0.0697. The minimum absolute atomic E-state index is 0.247. The first-order chi connectivity index (χ1) is 9.10. The lowest BCUT2D eigenvalue weighted by atomic mass is 10.1. The van der Waals surface area contributed by atoms with Crippen LogP contribution in [-0.2, 0) is 6.54 Å². The van der Waals surface area contributed by atoms with Crippen LogP contribution in [0.1, 0.15) is 22.8 Å². The predicted octanol–water partition coefficient (Wildman–Crippen LogP) is 1.10. The van der Waals surface area contributed by atoms with E-state index in [1.807, 2.05) is 6.07 Å². The molecule has 0 radical (unpaired) electrons. The van der Waals surface area contributed by atoms with E-state index in [2.05, 4.69) is 16.7 Å². The van der Waals surface area contributed by atoms with E-state index >= 15 is 0 Å². The molecule has 0 amide bonds. The average Bonchev–Trinajstić information content (AvgIpc) is 2.41. The molecule has 19 heavy (non-hydrogen) atoms. The van der Waals surface area contributed by atoms with Gasteiger partial charge in [0.15, 0.2) is 0 Å². The highest BCUT2D eigenvalue weighted by Crippen LogP contribution is 2.17. The molecule has 1 aromatic rings. The largest absolute Gasteiger partial charge is 0.478 e. The third-order valence-corrected chi connectivity index (χ3v) is 3.70. The van der Waals surface area contributed by atoms with Crippen molar-refractivity contribution in [1.29, 1.82) is 0 Å². The summed E-state index contributed by atoms with van der Waals surface area (Å²) in [6.45, 7) is 8.32. The molecule has 0 aliphatic carbocycles. The normalized spacial score (nSPS) is 17.5. The Hall–Kier alpha value is -1.59. The van der Waals surface area contributed by atoms with Crippen molar-refractivity contribution in [3.8, 4) is 0 Å². The Labute approximate surface area is 113 Å². The molecule has 5 nitrogen and oxygen atoms in total. The number of nitrogen functional groups attached to an aromatic ring is 1. The van der Waals surface area contributed by atoms with Gasteiger partial charge in [0, 0.05) is 38.4 Å². The van der Waals surface area contributed by atoms with Gasteiger partial charge < -0.3 is 15.7 Å². The Morgan fingerprint density at radius 2 is 1.89 bits per heavy atom. The molecule has 2 rings (SSSR count). The summed E-state index contributed by atoms with van der Waals surface area (Å²) >= 11 is 0. The molecule has 1 aliphatic heterocycles. The lowest BCUT2D eigenvalue weighted by Crippen LogP contribution is -2.45. The second-order valence-electron chi connectivity index (χ2n) is 4.93. The summed E-state index contributed by atoms with van der Waals surface area (Å²) in [4.78, 5) is 15.6. The zero-order valence-electron chi connectivity index (χ0n) is 11.3. The third kappa shape index (κ3) is 3.45. The first kappa shape index (κ1) is 13.8. The number of carboxylic acids is 1. The highest BCUT2D eigenvalue weighted by Gasteiger charge is 2.16. The molecule has 1 aliphatic rings. The van der Waals surface area contributed by atoms with Crippen molar-refractivity contribution in [2.24, 2.45) is 0 Å². The number of nitrogens with zero attached hydrogens (tertiary/aromatic N) is 2. The first-order valence-corrected chi connectivity index (χ1v) is 6.66. The molecule has 0 unspecified atom stereocenters. The maximum absolute atomic E-state index is 10.9. The SMILES string of the molecule is CCN1CCN(Cc2ccc(C(=O)O)cc2N)CC1. The van der Waals surface area contributed by atoms with E-state index in [0.717, 1.165) is 44.8 Å². The number of carbonyl (C=O) groups is 1. The van der Waals surface area contributed by atoms with Gasteiger partial charge in [0.2, 0.25) is 0 Å². The van der Waals surface area contributed by atoms with Crippen LogP contribution >= 0.6 is 0 Å². The Balaban J connectivity index is 1.98. The fourth-order valence-corrected chi connectivity index (χ4v) is 2.38. The number of nitrogens with two attached hydrogens (primary N) is 1. The van der Waals surface area contributed by atoms with Crippen molar-refractivity contribution >= 4 is 11.7 Å². The minimum Gasteiger partial charge on any atom is -0.478 e. The van der Waals surface area contributed by atoms with Crippen molar-refractivity contribution in [2.75, 3.05) is 38.5 Å². The molecular weight excluding hydrogens is 242 g/mol. The van der Waals surface area contributed by atoms with Crippen LogP contribution in [-0.4, -0.2) is 53.6 Å². The van der Waals surface area contributed by atoms with Gasteiger partial charge in [-0.05, 0) is 24.2 Å². The minimum atomic E-state index is -0.935. The van der Waals surface area contributed by atoms with Crippen LogP contribution in [0.25, 0.3) is 0 Å². The van der Waals surface area contributed by atoms with Gasteiger partial charge in [0.25, 0.3) is 0 Å². The van der Waals surface area contributed by atoms with Crippen molar-refractivity contribution in [1.82, 2.24) is 9.80 Å². The number of aromatic carboxylic acids is 1. The number of hydrogen-bond donors (Lipinski definition) is 2. The predicted molar refractivity (Wildman–Crippen MR) is 75.2 cm³/mol. The molecule has 1 saturated heterocycles. The van der Waals surface area contributed by atoms with Gasteiger partial charge in [-0.3, -0.25) is 4.90 Å². The summed E-state index contributed by atoms with van der Waals surface area (Å²) in [6.07, 6.45) is 0. The maximum atomic E-state index is 10.9. The Morgan fingerprint density at radius 3 is 2.42 bits per heavy atom. The maximum Gasteiger partial charge on any atom is 0.335 e. The standard InChI is InChI=1S/C14H21N3O2/c1-2-16-5-7-17(8-6-16)10-12-4-3-11(14(18)19)9-13(12)15/h3-4,9H,2,5-8,10,15H2,1H3,(H,18,19). The number of rotatable bonds is 4. The summed E-state index contributed by atoms with van der Waals surface area (Å²) in [5, 5.41) is 8.91. The topological polar surface area (TPSA) is 69.8 Å². The molecule has 0 aromatic heterocycles. The monoisotopic (exact) mass is 263 g/mol. The Kier molecular flexibility index (Phi) is 4.39. The number of likely N-dealkylation sites (N-methyl/N-ethyl adjacent to an activating group) is 1. The second-order valence-corrected chi connectivity index (χ2v) is 4.93. The van der Waals surface area contributed by atoms with Gasteiger partial charge in [-0.1, -0.05) is 13.0 Å². The van der Waals surface area contributed by atoms with E-state index in [9.17, 15) is 4.79 Å². The lowest BCUT2D eigenvalue weighted by Gasteiger charge is -2.34. The zero-order valence-corrected chi connectivity index (χ0v) is 11.3. The smallest absolute Gasteiger partial charge is 0.335 e. The summed E-state index contributed by atoms with van der Waals surface area (Å²) in [5.41, 5.74) is 7.75. The van der Waals surface area contributed by atoms with E-state index in [-0.39, 0.29) is 5.56 Å². The highest BCUT2D eigenvalue weighted by atomic mass is 16.4. The molecule has 1 aromatic carbocycles. The zero-order chi connectivity index (χ0) is 13.8. The van der Waals surface area contributed by atoms with E-state index in [0.29, 0.717) is 5.69 Å². The molecular formula is C14H21N3O2. The van der Waals surface area contributed by atoms with Crippen molar-refractivity contribution in [2.45, 2.75) is 13.5 Å². The van der Waals surface area contributed by atoms with Gasteiger partial charge in [-0.2, -0.15) is 0 Å². The number of carboxylic acid groups (broad SMARTS) is 1. The second kappa shape index (κ2) is 6.04. The molecule has 1 heterocycles. The molecule has 104 valence electrons.